The summed E-state index contributed by atoms with van der Waals surface area (Å²) < 4.78 is 6.61. The molecule has 0 unspecified atom stereocenters. The van der Waals surface area contributed by atoms with Crippen molar-refractivity contribution in [3.05, 3.63) is 42.2 Å². The summed E-state index contributed by atoms with van der Waals surface area (Å²) in [6, 6.07) is 9.00. The van der Waals surface area contributed by atoms with E-state index in [2.05, 4.69) is 10.4 Å². The Morgan fingerprint density at radius 2 is 2.05 bits per heavy atom. The molecule has 0 spiro atoms. The molecular weight excluding hydrogens is 268 g/mol. The number of carbonyl (C=O) groups excluding carboxylic acids is 1. The van der Waals surface area contributed by atoms with Gasteiger partial charge in [0.05, 0.1) is 5.69 Å². The van der Waals surface area contributed by atoms with Crippen LogP contribution in [0.2, 0.25) is 0 Å². The fourth-order valence-electron chi connectivity index (χ4n) is 1.88. The van der Waals surface area contributed by atoms with Gasteiger partial charge in [0.1, 0.15) is 0 Å². The number of ether oxygens (including phenoxy) is 1. The monoisotopic (exact) mass is 288 g/mol. The van der Waals surface area contributed by atoms with E-state index in [4.69, 9.17) is 10.5 Å². The quantitative estimate of drug-likeness (QED) is 0.599. The molecule has 0 fully saturated rings. The topological polar surface area (TPSA) is 82.2 Å². The summed E-state index contributed by atoms with van der Waals surface area (Å²) in [6.45, 7) is 1.33. The predicted octanol–water partition coefficient (Wildman–Crippen LogP) is 1.61. The summed E-state index contributed by atoms with van der Waals surface area (Å²) in [4.78, 5) is 11.9. The van der Waals surface area contributed by atoms with Gasteiger partial charge in [-0.3, -0.25) is 4.79 Å². The van der Waals surface area contributed by atoms with E-state index in [1.54, 1.807) is 36.2 Å². The first-order valence-corrected chi connectivity index (χ1v) is 6.89. The Morgan fingerprint density at radius 3 is 2.76 bits per heavy atom. The second-order valence-corrected chi connectivity index (χ2v) is 4.69. The van der Waals surface area contributed by atoms with Crippen LogP contribution in [0.1, 0.15) is 23.3 Å². The lowest BCUT2D eigenvalue weighted by Gasteiger charge is -2.03. The number of unbranched alkanes of at least 4 members (excludes halogenated alkanes) is 1. The zero-order valence-corrected chi connectivity index (χ0v) is 12.1. The summed E-state index contributed by atoms with van der Waals surface area (Å²) in [5.41, 5.74) is 7.61. The number of nitrogens with zero attached hydrogens (tertiary/aromatic N) is 2. The van der Waals surface area contributed by atoms with Gasteiger partial charge in [0.25, 0.3) is 5.91 Å². The Labute approximate surface area is 123 Å². The maximum Gasteiger partial charge on any atom is 0.271 e. The van der Waals surface area contributed by atoms with Gasteiger partial charge in [0, 0.05) is 32.1 Å². The van der Waals surface area contributed by atoms with Crippen LogP contribution in [0.4, 0.5) is 5.69 Å². The van der Waals surface area contributed by atoms with Crippen molar-refractivity contribution in [1.82, 2.24) is 15.1 Å². The molecule has 0 saturated heterocycles. The van der Waals surface area contributed by atoms with E-state index in [-0.39, 0.29) is 5.91 Å². The lowest BCUT2D eigenvalue weighted by Crippen LogP contribution is -2.25. The summed E-state index contributed by atoms with van der Waals surface area (Å²) in [7, 11) is 1.67. The van der Waals surface area contributed by atoms with Gasteiger partial charge in [0.15, 0.2) is 5.69 Å². The van der Waals surface area contributed by atoms with Crippen LogP contribution < -0.4 is 11.1 Å². The molecule has 2 aromatic rings. The predicted molar refractivity (Wildman–Crippen MR) is 81.4 cm³/mol. The van der Waals surface area contributed by atoms with Crippen LogP contribution in [0.3, 0.4) is 0 Å². The first-order valence-electron chi connectivity index (χ1n) is 6.89. The van der Waals surface area contributed by atoms with E-state index in [0.29, 0.717) is 24.5 Å². The average molecular weight is 288 g/mol. The molecule has 1 heterocycles. The number of amides is 1. The summed E-state index contributed by atoms with van der Waals surface area (Å²) in [5.74, 6) is -0.165. The molecule has 6 nitrogen and oxygen atoms in total. The van der Waals surface area contributed by atoms with Gasteiger partial charge in [0.2, 0.25) is 0 Å². The van der Waals surface area contributed by atoms with Gasteiger partial charge < -0.3 is 15.8 Å². The minimum absolute atomic E-state index is 0.165. The number of hydrogen-bond acceptors (Lipinski definition) is 4. The highest BCUT2D eigenvalue weighted by molar-refractivity contribution is 5.92. The number of methoxy groups -OCH3 is 1. The summed E-state index contributed by atoms with van der Waals surface area (Å²) >= 11 is 0. The number of anilines is 1. The number of carbonyl (C=O) groups is 1. The molecular formula is C15H20N4O2. The second kappa shape index (κ2) is 7.44. The Hall–Kier alpha value is -2.34. The van der Waals surface area contributed by atoms with E-state index in [1.807, 2.05) is 12.1 Å². The first-order chi connectivity index (χ1) is 10.2. The van der Waals surface area contributed by atoms with Crippen LogP contribution >= 0.6 is 0 Å². The molecule has 0 aliphatic heterocycles. The highest BCUT2D eigenvalue weighted by atomic mass is 16.5. The van der Waals surface area contributed by atoms with Gasteiger partial charge in [-0.2, -0.15) is 5.10 Å². The number of nitrogens with one attached hydrogen (secondary N) is 1. The van der Waals surface area contributed by atoms with Crippen LogP contribution in [0, 0.1) is 0 Å². The largest absolute Gasteiger partial charge is 0.399 e. The summed E-state index contributed by atoms with van der Waals surface area (Å²) in [5, 5.41) is 7.11. The second-order valence-electron chi connectivity index (χ2n) is 4.69. The molecule has 0 bridgehead atoms. The third kappa shape index (κ3) is 4.32. The fourth-order valence-corrected chi connectivity index (χ4v) is 1.88. The van der Waals surface area contributed by atoms with E-state index in [9.17, 15) is 4.79 Å². The standard InChI is InChI=1S/C15H20N4O2/c1-21-11-3-2-9-17-15(20)14-8-10-19(18-14)13-6-4-12(16)5-7-13/h4-8,10H,2-3,9,11,16H2,1H3,(H,17,20). The maximum atomic E-state index is 11.9. The van der Waals surface area contributed by atoms with Gasteiger partial charge >= 0.3 is 0 Å². The van der Waals surface area contributed by atoms with Crippen molar-refractivity contribution in [1.29, 1.82) is 0 Å². The molecule has 112 valence electrons. The van der Waals surface area contributed by atoms with E-state index in [0.717, 1.165) is 18.5 Å². The molecule has 21 heavy (non-hydrogen) atoms. The highest BCUT2D eigenvalue weighted by Crippen LogP contribution is 2.10. The zero-order valence-electron chi connectivity index (χ0n) is 12.1. The van der Waals surface area contributed by atoms with E-state index in [1.165, 1.54) is 0 Å². The SMILES string of the molecule is COCCCCNC(=O)c1ccn(-c2ccc(N)cc2)n1. The van der Waals surface area contributed by atoms with E-state index >= 15 is 0 Å². The third-order valence-electron chi connectivity index (χ3n) is 3.04. The zero-order chi connectivity index (χ0) is 15.1. The molecule has 0 saturated carbocycles. The van der Waals surface area contributed by atoms with Crippen molar-refractivity contribution in [2.75, 3.05) is 26.0 Å². The highest BCUT2D eigenvalue weighted by Gasteiger charge is 2.09. The van der Waals surface area contributed by atoms with Crippen LogP contribution in [0.5, 0.6) is 0 Å². The van der Waals surface area contributed by atoms with Crippen LogP contribution in [-0.2, 0) is 4.74 Å². The van der Waals surface area contributed by atoms with Crippen molar-refractivity contribution in [3.63, 3.8) is 0 Å². The van der Waals surface area contributed by atoms with Crippen LogP contribution in [-0.4, -0.2) is 35.9 Å². The van der Waals surface area contributed by atoms with Gasteiger partial charge in [-0.05, 0) is 43.2 Å². The molecule has 0 aliphatic rings. The van der Waals surface area contributed by atoms with E-state index < -0.39 is 0 Å². The molecule has 0 atom stereocenters. The smallest absolute Gasteiger partial charge is 0.271 e. The first kappa shape index (κ1) is 15.1. The Bertz CT molecular complexity index is 578. The average Bonchev–Trinajstić information content (AvgIpc) is 2.97. The third-order valence-corrected chi connectivity index (χ3v) is 3.04. The normalized spacial score (nSPS) is 10.5. The fraction of sp³-hybridized carbons (Fsp3) is 0.333. The van der Waals surface area contributed by atoms with Crippen molar-refractivity contribution >= 4 is 11.6 Å². The lowest BCUT2D eigenvalue weighted by molar-refractivity contribution is 0.0946. The Morgan fingerprint density at radius 1 is 1.29 bits per heavy atom. The summed E-state index contributed by atoms with van der Waals surface area (Å²) in [6.07, 6.45) is 3.57. The Balaban J connectivity index is 1.90. The number of rotatable bonds is 7. The van der Waals surface area contributed by atoms with Crippen molar-refractivity contribution in [2.45, 2.75) is 12.8 Å². The Kier molecular flexibility index (Phi) is 5.34. The van der Waals surface area contributed by atoms with Crippen molar-refractivity contribution in [2.24, 2.45) is 0 Å². The maximum absolute atomic E-state index is 11.9. The van der Waals surface area contributed by atoms with Crippen molar-refractivity contribution in [3.8, 4) is 5.69 Å². The molecule has 0 radical (unpaired) electrons. The molecule has 1 aromatic carbocycles. The number of hydrogen-bond donors (Lipinski definition) is 2. The molecule has 1 aromatic heterocycles. The van der Waals surface area contributed by atoms with Gasteiger partial charge in [-0.15, -0.1) is 0 Å². The minimum Gasteiger partial charge on any atom is -0.399 e. The van der Waals surface area contributed by atoms with Gasteiger partial charge in [-0.1, -0.05) is 0 Å². The molecule has 6 heteroatoms. The van der Waals surface area contributed by atoms with Crippen LogP contribution in [0.15, 0.2) is 36.5 Å². The molecule has 0 aliphatic carbocycles. The number of benzene rings is 1. The number of aromatic nitrogens is 2. The number of nitrogen functional groups attached to an aromatic ring is 1. The molecule has 3 N–H and O–H groups in total. The van der Waals surface area contributed by atoms with Crippen LogP contribution in [0.25, 0.3) is 5.69 Å². The molecule has 1 amide bonds. The number of nitrogens with two attached hydrogens (primary N) is 1. The lowest BCUT2D eigenvalue weighted by atomic mass is 10.3. The van der Waals surface area contributed by atoms with Crippen molar-refractivity contribution < 1.29 is 9.53 Å². The van der Waals surface area contributed by atoms with Gasteiger partial charge in [-0.25, -0.2) is 4.68 Å². The molecule has 2 rings (SSSR count). The minimum atomic E-state index is -0.165.